The highest BCUT2D eigenvalue weighted by molar-refractivity contribution is 5.32. The molecule has 0 saturated carbocycles. The van der Waals surface area contributed by atoms with Gasteiger partial charge in [-0.15, -0.1) is 0 Å². The van der Waals surface area contributed by atoms with Crippen LogP contribution in [-0.2, 0) is 6.42 Å². The molecular formula is C14H19N5. The van der Waals surface area contributed by atoms with Gasteiger partial charge in [0.15, 0.2) is 0 Å². The molecule has 19 heavy (non-hydrogen) atoms. The molecule has 0 aromatic carbocycles. The van der Waals surface area contributed by atoms with Gasteiger partial charge in [0.05, 0.1) is 17.4 Å². The van der Waals surface area contributed by atoms with Crippen molar-refractivity contribution in [3.05, 3.63) is 47.3 Å². The van der Waals surface area contributed by atoms with E-state index in [1.807, 2.05) is 19.3 Å². The maximum absolute atomic E-state index is 4.29. The summed E-state index contributed by atoms with van der Waals surface area (Å²) in [5, 5.41) is 11.9. The summed E-state index contributed by atoms with van der Waals surface area (Å²) in [7, 11) is 0. The quantitative estimate of drug-likeness (QED) is 0.885. The molecular weight excluding hydrogens is 238 g/mol. The van der Waals surface area contributed by atoms with Crippen molar-refractivity contribution in [2.75, 3.05) is 6.54 Å². The molecule has 1 N–H and O–H groups in total. The molecule has 0 spiro atoms. The van der Waals surface area contributed by atoms with Crippen molar-refractivity contribution in [1.82, 2.24) is 25.5 Å². The van der Waals surface area contributed by atoms with Gasteiger partial charge in [0.2, 0.25) is 0 Å². The van der Waals surface area contributed by atoms with Crippen LogP contribution in [-0.4, -0.2) is 26.7 Å². The van der Waals surface area contributed by atoms with Crippen molar-refractivity contribution in [1.29, 1.82) is 0 Å². The van der Waals surface area contributed by atoms with Crippen molar-refractivity contribution in [2.45, 2.75) is 33.2 Å². The van der Waals surface area contributed by atoms with Crippen LogP contribution in [0.25, 0.3) is 0 Å². The fourth-order valence-corrected chi connectivity index (χ4v) is 2.13. The molecule has 0 bridgehead atoms. The first kappa shape index (κ1) is 13.5. The molecule has 2 heterocycles. The van der Waals surface area contributed by atoms with E-state index >= 15 is 0 Å². The minimum Gasteiger partial charge on any atom is -0.306 e. The number of aryl methyl sites for hydroxylation is 2. The van der Waals surface area contributed by atoms with E-state index in [-0.39, 0.29) is 6.04 Å². The Bertz CT molecular complexity index is 527. The second kappa shape index (κ2) is 6.33. The number of nitrogens with zero attached hydrogens (tertiary/aromatic N) is 4. The van der Waals surface area contributed by atoms with Crippen molar-refractivity contribution in [2.24, 2.45) is 0 Å². The normalized spacial score (nSPS) is 12.4. The molecule has 2 rings (SSSR count). The molecule has 0 amide bonds. The Morgan fingerprint density at radius 1 is 1.16 bits per heavy atom. The van der Waals surface area contributed by atoms with Crippen LogP contribution in [0.4, 0.5) is 0 Å². The van der Waals surface area contributed by atoms with Gasteiger partial charge in [0.25, 0.3) is 0 Å². The van der Waals surface area contributed by atoms with E-state index in [1.165, 1.54) is 0 Å². The third-order valence-corrected chi connectivity index (χ3v) is 2.99. The van der Waals surface area contributed by atoms with E-state index in [0.717, 1.165) is 35.5 Å². The Hall–Kier alpha value is -1.88. The summed E-state index contributed by atoms with van der Waals surface area (Å²) < 4.78 is 0. The molecule has 0 saturated heterocycles. The maximum Gasteiger partial charge on any atom is 0.115 e. The van der Waals surface area contributed by atoms with E-state index in [4.69, 9.17) is 0 Å². The number of hydrogen-bond donors (Lipinski definition) is 1. The Kier molecular flexibility index (Phi) is 4.52. The lowest BCUT2D eigenvalue weighted by atomic mass is 9.98. The highest BCUT2D eigenvalue weighted by Crippen LogP contribution is 2.23. The molecule has 0 fully saturated rings. The minimum atomic E-state index is 0.0651. The Morgan fingerprint density at radius 3 is 2.53 bits per heavy atom. The van der Waals surface area contributed by atoms with Gasteiger partial charge in [-0.1, -0.05) is 13.8 Å². The molecule has 2 aromatic rings. The van der Waals surface area contributed by atoms with Crippen LogP contribution in [0.2, 0.25) is 0 Å². The predicted molar refractivity (Wildman–Crippen MR) is 73.7 cm³/mol. The second-order valence-electron chi connectivity index (χ2n) is 4.40. The van der Waals surface area contributed by atoms with Gasteiger partial charge in [0, 0.05) is 18.0 Å². The summed E-state index contributed by atoms with van der Waals surface area (Å²) in [6.45, 7) is 7.00. The summed E-state index contributed by atoms with van der Waals surface area (Å²) in [6.07, 6.45) is 6.09. The van der Waals surface area contributed by atoms with Crippen LogP contribution in [0.15, 0.2) is 24.8 Å². The molecule has 1 atom stereocenters. The lowest BCUT2D eigenvalue weighted by Gasteiger charge is -2.20. The smallest absolute Gasteiger partial charge is 0.115 e. The first-order valence-electron chi connectivity index (χ1n) is 6.57. The second-order valence-corrected chi connectivity index (χ2v) is 4.40. The largest absolute Gasteiger partial charge is 0.306 e. The summed E-state index contributed by atoms with van der Waals surface area (Å²) in [4.78, 5) is 8.21. The predicted octanol–water partition coefficient (Wildman–Crippen LogP) is 1.84. The Balaban J connectivity index is 2.47. The van der Waals surface area contributed by atoms with Gasteiger partial charge in [-0.3, -0.25) is 0 Å². The first-order chi connectivity index (χ1) is 9.26. The number of aromatic nitrogens is 4. The van der Waals surface area contributed by atoms with Crippen molar-refractivity contribution in [3.8, 4) is 0 Å². The molecule has 0 aliphatic carbocycles. The lowest BCUT2D eigenvalue weighted by molar-refractivity contribution is 0.612. The Labute approximate surface area is 113 Å². The van der Waals surface area contributed by atoms with Gasteiger partial charge in [-0.05, 0) is 31.5 Å². The highest BCUT2D eigenvalue weighted by Gasteiger charge is 2.18. The molecule has 0 aliphatic heterocycles. The molecule has 1 unspecified atom stereocenters. The molecule has 0 radical (unpaired) electrons. The van der Waals surface area contributed by atoms with E-state index in [9.17, 15) is 0 Å². The van der Waals surface area contributed by atoms with Gasteiger partial charge in [-0.2, -0.15) is 10.2 Å². The van der Waals surface area contributed by atoms with Crippen LogP contribution in [0.3, 0.4) is 0 Å². The monoisotopic (exact) mass is 257 g/mol. The van der Waals surface area contributed by atoms with E-state index < -0.39 is 0 Å². The molecule has 0 aliphatic rings. The summed E-state index contributed by atoms with van der Waals surface area (Å²) in [6, 6.07) is 2.15. The van der Waals surface area contributed by atoms with Crippen LogP contribution < -0.4 is 5.32 Å². The van der Waals surface area contributed by atoms with Gasteiger partial charge in [0.1, 0.15) is 6.33 Å². The summed E-state index contributed by atoms with van der Waals surface area (Å²) >= 11 is 0. The zero-order valence-corrected chi connectivity index (χ0v) is 11.6. The van der Waals surface area contributed by atoms with Crippen LogP contribution >= 0.6 is 0 Å². The fraction of sp³-hybridized carbons (Fsp3) is 0.429. The van der Waals surface area contributed by atoms with Crippen molar-refractivity contribution >= 4 is 0 Å². The SMILES string of the molecule is CCNC(c1cncnc1)c1cc(C)nnc1CC. The minimum absolute atomic E-state index is 0.0651. The lowest BCUT2D eigenvalue weighted by Crippen LogP contribution is -2.24. The number of hydrogen-bond acceptors (Lipinski definition) is 5. The topological polar surface area (TPSA) is 63.6 Å². The third kappa shape index (κ3) is 3.12. The molecule has 100 valence electrons. The van der Waals surface area contributed by atoms with Crippen LogP contribution in [0.1, 0.15) is 42.4 Å². The van der Waals surface area contributed by atoms with Gasteiger partial charge in [-0.25, -0.2) is 9.97 Å². The summed E-state index contributed by atoms with van der Waals surface area (Å²) in [5.74, 6) is 0. The van der Waals surface area contributed by atoms with E-state index in [2.05, 4.69) is 45.4 Å². The van der Waals surface area contributed by atoms with E-state index in [1.54, 1.807) is 6.33 Å². The van der Waals surface area contributed by atoms with Crippen molar-refractivity contribution < 1.29 is 0 Å². The van der Waals surface area contributed by atoms with E-state index in [0.29, 0.717) is 0 Å². The highest BCUT2D eigenvalue weighted by atomic mass is 15.1. The zero-order chi connectivity index (χ0) is 13.7. The zero-order valence-electron chi connectivity index (χ0n) is 11.6. The maximum atomic E-state index is 4.29. The van der Waals surface area contributed by atoms with Crippen molar-refractivity contribution in [3.63, 3.8) is 0 Å². The fourth-order valence-electron chi connectivity index (χ4n) is 2.13. The van der Waals surface area contributed by atoms with Gasteiger partial charge >= 0.3 is 0 Å². The van der Waals surface area contributed by atoms with Crippen LogP contribution in [0.5, 0.6) is 0 Å². The van der Waals surface area contributed by atoms with Crippen LogP contribution in [0, 0.1) is 6.92 Å². The molecule has 2 aromatic heterocycles. The first-order valence-corrected chi connectivity index (χ1v) is 6.57. The molecule has 5 nitrogen and oxygen atoms in total. The average Bonchev–Trinajstić information content (AvgIpc) is 2.45. The average molecular weight is 257 g/mol. The van der Waals surface area contributed by atoms with Gasteiger partial charge < -0.3 is 5.32 Å². The summed E-state index contributed by atoms with van der Waals surface area (Å²) in [5.41, 5.74) is 4.14. The third-order valence-electron chi connectivity index (χ3n) is 2.99. The Morgan fingerprint density at radius 2 is 1.89 bits per heavy atom. The number of nitrogens with one attached hydrogen (secondary N) is 1. The number of rotatable bonds is 5. The standard InChI is InChI=1S/C14H19N5/c1-4-13-12(6-10(3)18-19-13)14(17-5-2)11-7-15-9-16-8-11/h6-9,14,17H,4-5H2,1-3H3. The molecule has 5 heteroatoms.